The van der Waals surface area contributed by atoms with E-state index >= 15 is 0 Å². The predicted molar refractivity (Wildman–Crippen MR) is 102 cm³/mol. The highest BCUT2D eigenvalue weighted by Crippen LogP contribution is 2.42. The van der Waals surface area contributed by atoms with Gasteiger partial charge in [-0.15, -0.1) is 0 Å². The Morgan fingerprint density at radius 2 is 1.42 bits per heavy atom. The fraction of sp³-hybridized carbons (Fsp3) is 0.182. The van der Waals surface area contributed by atoms with Crippen molar-refractivity contribution in [1.82, 2.24) is 0 Å². The van der Waals surface area contributed by atoms with E-state index in [1.165, 1.54) is 0 Å². The Morgan fingerprint density at radius 1 is 0.846 bits per heavy atom. The van der Waals surface area contributed by atoms with Gasteiger partial charge >= 0.3 is 0 Å². The molecule has 0 aromatic heterocycles. The molecule has 4 heteroatoms. The van der Waals surface area contributed by atoms with Crippen LogP contribution in [-0.4, -0.2) is 6.61 Å². The minimum atomic E-state index is 0.106. The van der Waals surface area contributed by atoms with Crippen LogP contribution in [0.3, 0.4) is 0 Å². The minimum Gasteiger partial charge on any atom is -0.485 e. The number of halogens is 1. The van der Waals surface area contributed by atoms with Crippen LogP contribution in [0.2, 0.25) is 5.02 Å². The van der Waals surface area contributed by atoms with Gasteiger partial charge in [0.05, 0.1) is 11.6 Å². The van der Waals surface area contributed by atoms with E-state index < -0.39 is 0 Å². The predicted octanol–water partition coefficient (Wildman–Crippen LogP) is 5.57. The van der Waals surface area contributed by atoms with Crippen molar-refractivity contribution < 1.29 is 14.2 Å². The highest BCUT2D eigenvalue weighted by atomic mass is 35.5. The summed E-state index contributed by atoms with van der Waals surface area (Å²) in [5, 5.41) is 0.539. The summed E-state index contributed by atoms with van der Waals surface area (Å²) in [7, 11) is 0. The Labute approximate surface area is 158 Å². The quantitative estimate of drug-likeness (QED) is 0.512. The second-order valence-corrected chi connectivity index (χ2v) is 6.61. The van der Waals surface area contributed by atoms with E-state index in [0.29, 0.717) is 29.7 Å². The lowest BCUT2D eigenvalue weighted by Crippen LogP contribution is -2.02. The summed E-state index contributed by atoms with van der Waals surface area (Å²) >= 11 is 6.49. The first-order chi connectivity index (χ1) is 12.8. The fourth-order valence-corrected chi connectivity index (χ4v) is 3.00. The van der Waals surface area contributed by atoms with Crippen LogP contribution >= 0.6 is 11.6 Å². The van der Waals surface area contributed by atoms with E-state index in [0.717, 1.165) is 23.3 Å². The number of hydrogen-bond donors (Lipinski definition) is 0. The van der Waals surface area contributed by atoms with Crippen LogP contribution in [0.15, 0.2) is 72.8 Å². The zero-order valence-electron chi connectivity index (χ0n) is 14.2. The number of ether oxygens (including phenoxy) is 3. The average molecular weight is 367 g/mol. The maximum absolute atomic E-state index is 6.49. The number of rotatable bonds is 7. The molecule has 1 atom stereocenters. The van der Waals surface area contributed by atoms with Gasteiger partial charge in [0, 0.05) is 0 Å². The standard InChI is InChI=1S/C22H19ClO3/c23-19-11-18(21-15-25-21)12-20(24-13-16-7-3-1-4-8-16)22(19)26-14-17-9-5-2-6-10-17/h1-12,21H,13-15H2. The lowest BCUT2D eigenvalue weighted by molar-refractivity contribution is 0.255. The second kappa shape index (κ2) is 7.81. The van der Waals surface area contributed by atoms with Crippen molar-refractivity contribution in [2.45, 2.75) is 19.3 Å². The molecule has 3 aromatic carbocycles. The molecule has 0 aliphatic carbocycles. The number of hydrogen-bond acceptors (Lipinski definition) is 3. The molecule has 0 saturated carbocycles. The lowest BCUT2D eigenvalue weighted by atomic mass is 10.1. The van der Waals surface area contributed by atoms with Gasteiger partial charge in [-0.25, -0.2) is 0 Å². The van der Waals surface area contributed by atoms with Gasteiger partial charge in [0.25, 0.3) is 0 Å². The van der Waals surface area contributed by atoms with Gasteiger partial charge in [0.2, 0.25) is 0 Å². The maximum atomic E-state index is 6.49. The Hall–Kier alpha value is -2.49. The molecule has 1 aliphatic heterocycles. The third-order valence-electron chi connectivity index (χ3n) is 4.20. The highest BCUT2D eigenvalue weighted by molar-refractivity contribution is 6.32. The second-order valence-electron chi connectivity index (χ2n) is 6.20. The smallest absolute Gasteiger partial charge is 0.180 e. The summed E-state index contributed by atoms with van der Waals surface area (Å²) in [5.74, 6) is 1.21. The molecule has 4 rings (SSSR count). The Bertz CT molecular complexity index is 861. The summed E-state index contributed by atoms with van der Waals surface area (Å²) < 4.78 is 17.4. The molecule has 1 heterocycles. The molecule has 0 bridgehead atoms. The van der Waals surface area contributed by atoms with Gasteiger partial charge in [-0.3, -0.25) is 0 Å². The average Bonchev–Trinajstić information content (AvgIpc) is 3.52. The summed E-state index contributed by atoms with van der Waals surface area (Å²) in [6.45, 7) is 1.61. The SMILES string of the molecule is Clc1cc(C2CO2)cc(OCc2ccccc2)c1OCc1ccccc1. The molecule has 1 unspecified atom stereocenters. The largest absolute Gasteiger partial charge is 0.485 e. The summed E-state index contributed by atoms with van der Waals surface area (Å²) in [6, 6.07) is 23.9. The maximum Gasteiger partial charge on any atom is 0.180 e. The first-order valence-electron chi connectivity index (χ1n) is 8.58. The van der Waals surface area contributed by atoms with Gasteiger partial charge in [0.1, 0.15) is 19.3 Å². The zero-order chi connectivity index (χ0) is 17.8. The topological polar surface area (TPSA) is 31.0 Å². The molecule has 0 spiro atoms. The normalized spacial score (nSPS) is 15.5. The van der Waals surface area contributed by atoms with Crippen LogP contribution in [0.4, 0.5) is 0 Å². The molecule has 3 nitrogen and oxygen atoms in total. The highest BCUT2D eigenvalue weighted by Gasteiger charge is 2.27. The van der Waals surface area contributed by atoms with Crippen LogP contribution in [0.5, 0.6) is 11.5 Å². The molecular formula is C22H19ClO3. The molecule has 1 fully saturated rings. The first kappa shape index (κ1) is 17.0. The van der Waals surface area contributed by atoms with Crippen LogP contribution in [0, 0.1) is 0 Å². The monoisotopic (exact) mass is 366 g/mol. The van der Waals surface area contributed by atoms with E-state index in [2.05, 4.69) is 0 Å². The molecular weight excluding hydrogens is 348 g/mol. The third kappa shape index (κ3) is 4.18. The Balaban J connectivity index is 1.56. The minimum absolute atomic E-state index is 0.106. The van der Waals surface area contributed by atoms with Gasteiger partial charge < -0.3 is 14.2 Å². The molecule has 1 aliphatic rings. The van der Waals surface area contributed by atoms with E-state index in [-0.39, 0.29) is 6.10 Å². The van der Waals surface area contributed by atoms with Crippen LogP contribution in [0.25, 0.3) is 0 Å². The first-order valence-corrected chi connectivity index (χ1v) is 8.96. The summed E-state index contributed by atoms with van der Waals surface area (Å²) in [6.07, 6.45) is 0.106. The van der Waals surface area contributed by atoms with Gasteiger partial charge in [0.15, 0.2) is 11.5 Å². The lowest BCUT2D eigenvalue weighted by Gasteiger charge is -2.16. The van der Waals surface area contributed by atoms with Crippen molar-refractivity contribution in [1.29, 1.82) is 0 Å². The fourth-order valence-electron chi connectivity index (χ4n) is 2.73. The van der Waals surface area contributed by atoms with Gasteiger partial charge in [-0.2, -0.15) is 0 Å². The Kier molecular flexibility index (Phi) is 5.09. The van der Waals surface area contributed by atoms with E-state index in [1.807, 2.05) is 72.8 Å². The molecule has 26 heavy (non-hydrogen) atoms. The van der Waals surface area contributed by atoms with E-state index in [9.17, 15) is 0 Å². The van der Waals surface area contributed by atoms with Crippen molar-refractivity contribution in [3.8, 4) is 11.5 Å². The molecule has 0 amide bonds. The number of benzene rings is 3. The Morgan fingerprint density at radius 3 is 2.00 bits per heavy atom. The zero-order valence-corrected chi connectivity index (χ0v) is 15.0. The van der Waals surface area contributed by atoms with Gasteiger partial charge in [-0.05, 0) is 28.8 Å². The van der Waals surface area contributed by atoms with E-state index in [1.54, 1.807) is 0 Å². The molecule has 1 saturated heterocycles. The molecule has 3 aromatic rings. The number of epoxide rings is 1. The van der Waals surface area contributed by atoms with Crippen molar-refractivity contribution in [3.63, 3.8) is 0 Å². The molecule has 0 N–H and O–H groups in total. The van der Waals surface area contributed by atoms with Crippen molar-refractivity contribution in [3.05, 3.63) is 94.5 Å². The van der Waals surface area contributed by atoms with Crippen LogP contribution in [0.1, 0.15) is 22.8 Å². The summed E-state index contributed by atoms with van der Waals surface area (Å²) in [4.78, 5) is 0. The summed E-state index contributed by atoms with van der Waals surface area (Å²) in [5.41, 5.74) is 3.18. The molecule has 0 radical (unpaired) electrons. The van der Waals surface area contributed by atoms with Crippen molar-refractivity contribution >= 4 is 11.6 Å². The third-order valence-corrected chi connectivity index (χ3v) is 4.48. The van der Waals surface area contributed by atoms with Crippen LogP contribution in [-0.2, 0) is 18.0 Å². The van der Waals surface area contributed by atoms with Crippen LogP contribution < -0.4 is 9.47 Å². The van der Waals surface area contributed by atoms with Crippen molar-refractivity contribution in [2.75, 3.05) is 6.61 Å². The van der Waals surface area contributed by atoms with Crippen molar-refractivity contribution in [2.24, 2.45) is 0 Å². The van der Waals surface area contributed by atoms with E-state index in [4.69, 9.17) is 25.8 Å². The van der Waals surface area contributed by atoms with Gasteiger partial charge in [-0.1, -0.05) is 72.3 Å². The molecule has 132 valence electrons.